The Bertz CT molecular complexity index is 151. The maximum Gasteiger partial charge on any atom is 0.470 e. The molecule has 0 atom stereocenters. The third-order valence-electron chi connectivity index (χ3n) is 0.858. The van der Waals surface area contributed by atoms with Gasteiger partial charge in [0.15, 0.2) is 0 Å². The van der Waals surface area contributed by atoms with Crippen LogP contribution in [-0.4, -0.2) is 21.9 Å². The fourth-order valence-corrected chi connectivity index (χ4v) is 1.08. The standard InChI is InChI=1S/C4H12NO4P/c1-4(2,3-5)9-10(6,7)8/h3,5H2,1-2H3,(H2,6,7,8). The molecule has 0 fully saturated rings. The molecule has 0 aromatic carbocycles. The van der Waals surface area contributed by atoms with E-state index < -0.39 is 13.4 Å². The Morgan fingerprint density at radius 1 is 1.60 bits per heavy atom. The van der Waals surface area contributed by atoms with Crippen LogP contribution in [0, 0.1) is 0 Å². The molecule has 0 unspecified atom stereocenters. The van der Waals surface area contributed by atoms with Crippen LogP contribution in [0.5, 0.6) is 0 Å². The SMILES string of the molecule is CC(C)(CN)OP(=O)(O)O. The first-order valence-corrected chi connectivity index (χ1v) is 4.26. The highest BCUT2D eigenvalue weighted by Gasteiger charge is 2.27. The van der Waals surface area contributed by atoms with Crippen molar-refractivity contribution in [1.82, 2.24) is 0 Å². The summed E-state index contributed by atoms with van der Waals surface area (Å²) in [5.41, 5.74) is 4.19. The molecule has 4 N–H and O–H groups in total. The number of rotatable bonds is 3. The highest BCUT2D eigenvalue weighted by molar-refractivity contribution is 7.46. The van der Waals surface area contributed by atoms with E-state index in [1.54, 1.807) is 0 Å². The Hall–Kier alpha value is 0.0700. The number of phosphoric acid groups is 1. The van der Waals surface area contributed by atoms with Crippen molar-refractivity contribution in [2.45, 2.75) is 19.4 Å². The van der Waals surface area contributed by atoms with Crippen molar-refractivity contribution in [3.8, 4) is 0 Å². The summed E-state index contributed by atoms with van der Waals surface area (Å²) in [6.45, 7) is 3.08. The third-order valence-corrected chi connectivity index (χ3v) is 1.59. The summed E-state index contributed by atoms with van der Waals surface area (Å²) in [6.07, 6.45) is 0. The van der Waals surface area contributed by atoms with Gasteiger partial charge in [0.1, 0.15) is 0 Å². The number of hydrogen-bond acceptors (Lipinski definition) is 3. The van der Waals surface area contributed by atoms with Gasteiger partial charge in [0.2, 0.25) is 0 Å². The summed E-state index contributed by atoms with van der Waals surface area (Å²) >= 11 is 0. The summed E-state index contributed by atoms with van der Waals surface area (Å²) in [5.74, 6) is 0. The summed E-state index contributed by atoms with van der Waals surface area (Å²) in [6, 6.07) is 0. The molecule has 0 bridgehead atoms. The monoisotopic (exact) mass is 169 g/mol. The van der Waals surface area contributed by atoms with Crippen LogP contribution < -0.4 is 5.73 Å². The quantitative estimate of drug-likeness (QED) is 0.510. The van der Waals surface area contributed by atoms with E-state index in [1.165, 1.54) is 13.8 Å². The molecule has 5 nitrogen and oxygen atoms in total. The van der Waals surface area contributed by atoms with Crippen molar-refractivity contribution < 1.29 is 18.9 Å². The van der Waals surface area contributed by atoms with Gasteiger partial charge in [0.25, 0.3) is 0 Å². The average Bonchev–Trinajstić information content (AvgIpc) is 1.60. The molecule has 10 heavy (non-hydrogen) atoms. The molecule has 0 aromatic heterocycles. The molecular weight excluding hydrogens is 157 g/mol. The Morgan fingerprint density at radius 2 is 2.00 bits per heavy atom. The highest BCUT2D eigenvalue weighted by atomic mass is 31.2. The summed E-state index contributed by atoms with van der Waals surface area (Å²) in [7, 11) is -4.38. The van der Waals surface area contributed by atoms with E-state index >= 15 is 0 Å². The molecule has 6 heteroatoms. The van der Waals surface area contributed by atoms with Crippen molar-refractivity contribution in [2.75, 3.05) is 6.54 Å². The number of phosphoric ester groups is 1. The Balaban J connectivity index is 4.02. The van der Waals surface area contributed by atoms with Gasteiger partial charge in [0.05, 0.1) is 5.60 Å². The first-order chi connectivity index (χ1) is 4.27. The molecule has 0 saturated heterocycles. The molecule has 0 aliphatic carbocycles. The smallest absolute Gasteiger partial charge is 0.328 e. The Kier molecular flexibility index (Phi) is 3.00. The lowest BCUT2D eigenvalue weighted by atomic mass is 10.1. The van der Waals surface area contributed by atoms with E-state index in [9.17, 15) is 4.57 Å². The molecule has 62 valence electrons. The van der Waals surface area contributed by atoms with Gasteiger partial charge in [-0.1, -0.05) is 0 Å². The Morgan fingerprint density at radius 3 is 2.10 bits per heavy atom. The third kappa shape index (κ3) is 4.90. The highest BCUT2D eigenvalue weighted by Crippen LogP contribution is 2.40. The van der Waals surface area contributed by atoms with E-state index in [0.717, 1.165) is 0 Å². The number of nitrogens with two attached hydrogens (primary N) is 1. The van der Waals surface area contributed by atoms with Crippen LogP contribution in [0.1, 0.15) is 13.8 Å². The van der Waals surface area contributed by atoms with Crippen LogP contribution in [-0.2, 0) is 9.09 Å². The van der Waals surface area contributed by atoms with Gasteiger partial charge in [-0.05, 0) is 13.8 Å². The van der Waals surface area contributed by atoms with E-state index in [0.29, 0.717) is 0 Å². The van der Waals surface area contributed by atoms with E-state index in [-0.39, 0.29) is 6.54 Å². The molecule has 0 radical (unpaired) electrons. The van der Waals surface area contributed by atoms with E-state index in [1.807, 2.05) is 0 Å². The molecule has 0 spiro atoms. The van der Waals surface area contributed by atoms with Gasteiger partial charge in [-0.15, -0.1) is 0 Å². The van der Waals surface area contributed by atoms with Crippen LogP contribution >= 0.6 is 7.82 Å². The molecule has 0 aliphatic rings. The topological polar surface area (TPSA) is 92.8 Å². The molecular formula is C4H12NO4P. The normalized spacial score (nSPS) is 13.7. The second-order valence-corrected chi connectivity index (χ2v) is 3.71. The van der Waals surface area contributed by atoms with Gasteiger partial charge in [-0.25, -0.2) is 4.57 Å². The molecule has 0 amide bonds. The minimum absolute atomic E-state index is 0.0676. The minimum Gasteiger partial charge on any atom is -0.328 e. The lowest BCUT2D eigenvalue weighted by Gasteiger charge is -2.22. The first kappa shape index (κ1) is 10.1. The van der Waals surface area contributed by atoms with Gasteiger partial charge in [0, 0.05) is 6.54 Å². The summed E-state index contributed by atoms with van der Waals surface area (Å²) in [4.78, 5) is 16.6. The predicted molar refractivity (Wildman–Crippen MR) is 36.3 cm³/mol. The van der Waals surface area contributed by atoms with Gasteiger partial charge in [-0.3, -0.25) is 4.52 Å². The van der Waals surface area contributed by atoms with Crippen LogP contribution in [0.2, 0.25) is 0 Å². The van der Waals surface area contributed by atoms with Crippen LogP contribution in [0.3, 0.4) is 0 Å². The second-order valence-electron chi connectivity index (χ2n) is 2.55. The van der Waals surface area contributed by atoms with Crippen LogP contribution in [0.25, 0.3) is 0 Å². The zero-order valence-corrected chi connectivity index (χ0v) is 6.84. The van der Waals surface area contributed by atoms with Crippen molar-refractivity contribution in [3.05, 3.63) is 0 Å². The minimum atomic E-state index is -4.38. The van der Waals surface area contributed by atoms with Crippen molar-refractivity contribution in [2.24, 2.45) is 5.73 Å². The van der Waals surface area contributed by atoms with Crippen molar-refractivity contribution in [3.63, 3.8) is 0 Å². The van der Waals surface area contributed by atoms with E-state index in [4.69, 9.17) is 15.5 Å². The molecule has 0 heterocycles. The average molecular weight is 169 g/mol. The molecule has 0 saturated carbocycles. The number of hydrogen-bond donors (Lipinski definition) is 3. The lowest BCUT2D eigenvalue weighted by molar-refractivity contribution is 0.0723. The lowest BCUT2D eigenvalue weighted by Crippen LogP contribution is -2.32. The van der Waals surface area contributed by atoms with Gasteiger partial charge < -0.3 is 15.5 Å². The van der Waals surface area contributed by atoms with Crippen molar-refractivity contribution in [1.29, 1.82) is 0 Å². The molecule has 0 rings (SSSR count). The van der Waals surface area contributed by atoms with E-state index in [2.05, 4.69) is 4.52 Å². The van der Waals surface area contributed by atoms with Crippen LogP contribution in [0.4, 0.5) is 0 Å². The maximum absolute atomic E-state index is 10.2. The second kappa shape index (κ2) is 2.98. The van der Waals surface area contributed by atoms with Crippen molar-refractivity contribution >= 4 is 7.82 Å². The summed E-state index contributed by atoms with van der Waals surface area (Å²) < 4.78 is 14.5. The first-order valence-electron chi connectivity index (χ1n) is 2.73. The zero-order valence-electron chi connectivity index (χ0n) is 5.94. The van der Waals surface area contributed by atoms with Gasteiger partial charge in [-0.2, -0.15) is 0 Å². The fourth-order valence-electron chi connectivity index (χ4n) is 0.359. The summed E-state index contributed by atoms with van der Waals surface area (Å²) in [5, 5.41) is 0. The zero-order chi connectivity index (χ0) is 8.41. The molecule has 0 aromatic rings. The largest absolute Gasteiger partial charge is 0.470 e. The van der Waals surface area contributed by atoms with Gasteiger partial charge >= 0.3 is 7.82 Å². The maximum atomic E-state index is 10.2. The fraction of sp³-hybridized carbons (Fsp3) is 1.00. The predicted octanol–water partition coefficient (Wildman–Crippen LogP) is -0.167. The Labute approximate surface area is 59.4 Å². The molecule has 0 aliphatic heterocycles. The van der Waals surface area contributed by atoms with Crippen LogP contribution in [0.15, 0.2) is 0 Å².